The highest BCUT2D eigenvalue weighted by molar-refractivity contribution is 6.06. The van der Waals surface area contributed by atoms with Crippen LogP contribution >= 0.6 is 0 Å². The molecule has 0 aliphatic heterocycles. The van der Waals surface area contributed by atoms with Crippen LogP contribution in [0.1, 0.15) is 30.9 Å². The molecule has 0 saturated heterocycles. The van der Waals surface area contributed by atoms with Gasteiger partial charge < -0.3 is 5.11 Å². The molecule has 7 nitrogen and oxygen atoms in total. The Hall–Kier alpha value is -2.91. The fourth-order valence-electron chi connectivity index (χ4n) is 2.04. The van der Waals surface area contributed by atoms with Crippen LogP contribution in [0.2, 0.25) is 0 Å². The van der Waals surface area contributed by atoms with Crippen molar-refractivity contribution in [2.75, 3.05) is 6.54 Å². The normalized spacial score (nSPS) is 12.2. The Bertz CT molecular complexity index is 727. The largest absolute Gasteiger partial charge is 0.465 e. The van der Waals surface area contributed by atoms with E-state index in [-0.39, 0.29) is 17.9 Å². The summed E-state index contributed by atoms with van der Waals surface area (Å²) in [6.07, 6.45) is -1.89. The first kappa shape index (κ1) is 18.4. The second-order valence-corrected chi connectivity index (χ2v) is 5.13. The number of benzene rings is 1. The molecule has 0 aliphatic carbocycles. The first-order valence-electron chi connectivity index (χ1n) is 7.44. The van der Waals surface area contributed by atoms with Crippen LogP contribution in [0.5, 0.6) is 0 Å². The SMILES string of the molecule is CCCCN(C(=O)O)C(=Nn1cnnc1)c1ccc(C(F)(F)F)cc1. The van der Waals surface area contributed by atoms with Crippen LogP contribution in [0.25, 0.3) is 0 Å². The molecule has 0 unspecified atom stereocenters. The van der Waals surface area contributed by atoms with Gasteiger partial charge in [-0.2, -0.15) is 13.2 Å². The van der Waals surface area contributed by atoms with Crippen LogP contribution in [0.15, 0.2) is 42.0 Å². The van der Waals surface area contributed by atoms with E-state index in [1.165, 1.54) is 29.5 Å². The van der Waals surface area contributed by atoms with Crippen molar-refractivity contribution in [3.63, 3.8) is 0 Å². The maximum atomic E-state index is 12.7. The third kappa shape index (κ3) is 4.78. The maximum absolute atomic E-state index is 12.7. The lowest BCUT2D eigenvalue weighted by molar-refractivity contribution is -0.137. The van der Waals surface area contributed by atoms with E-state index in [0.717, 1.165) is 23.5 Å². The lowest BCUT2D eigenvalue weighted by Crippen LogP contribution is -2.37. The fourth-order valence-corrected chi connectivity index (χ4v) is 2.04. The zero-order valence-electron chi connectivity index (χ0n) is 13.3. The van der Waals surface area contributed by atoms with E-state index in [0.29, 0.717) is 6.42 Å². The number of unbranched alkanes of at least 4 members (excludes halogenated alkanes) is 1. The van der Waals surface area contributed by atoms with Gasteiger partial charge in [-0.3, -0.25) is 4.90 Å². The molecule has 0 atom stereocenters. The van der Waals surface area contributed by atoms with Gasteiger partial charge in [-0.25, -0.2) is 9.47 Å². The predicted molar refractivity (Wildman–Crippen MR) is 83.0 cm³/mol. The molecule has 0 aliphatic rings. The molecule has 0 radical (unpaired) electrons. The molecule has 1 heterocycles. The first-order chi connectivity index (χ1) is 11.8. The van der Waals surface area contributed by atoms with Crippen molar-refractivity contribution in [1.82, 2.24) is 19.8 Å². The lowest BCUT2D eigenvalue weighted by Gasteiger charge is -2.21. The van der Waals surface area contributed by atoms with Gasteiger partial charge in [0.15, 0.2) is 5.84 Å². The molecule has 0 fully saturated rings. The van der Waals surface area contributed by atoms with E-state index in [2.05, 4.69) is 15.3 Å². The first-order valence-corrected chi connectivity index (χ1v) is 7.44. The monoisotopic (exact) mass is 355 g/mol. The van der Waals surface area contributed by atoms with Gasteiger partial charge in [0, 0.05) is 12.1 Å². The number of carbonyl (C=O) groups is 1. The second-order valence-electron chi connectivity index (χ2n) is 5.13. The second kappa shape index (κ2) is 7.77. The summed E-state index contributed by atoms with van der Waals surface area (Å²) in [7, 11) is 0. The number of amidine groups is 1. The average Bonchev–Trinajstić information content (AvgIpc) is 3.06. The number of halogens is 3. The number of alkyl halides is 3. The molecule has 1 N–H and O–H groups in total. The third-order valence-electron chi connectivity index (χ3n) is 3.31. The lowest BCUT2D eigenvalue weighted by atomic mass is 10.1. The van der Waals surface area contributed by atoms with Crippen molar-refractivity contribution in [3.05, 3.63) is 48.0 Å². The summed E-state index contributed by atoms with van der Waals surface area (Å²) in [5.41, 5.74) is -0.587. The van der Waals surface area contributed by atoms with Gasteiger partial charge in [-0.05, 0) is 18.6 Å². The van der Waals surface area contributed by atoms with Crippen molar-refractivity contribution in [1.29, 1.82) is 0 Å². The number of rotatable bonds is 5. The van der Waals surface area contributed by atoms with Crippen LogP contribution < -0.4 is 0 Å². The number of carboxylic acid groups (broad SMARTS) is 1. The van der Waals surface area contributed by atoms with Crippen molar-refractivity contribution in [2.24, 2.45) is 5.10 Å². The van der Waals surface area contributed by atoms with Gasteiger partial charge in [-0.15, -0.1) is 15.3 Å². The number of amides is 1. The van der Waals surface area contributed by atoms with E-state index >= 15 is 0 Å². The Labute approximate surface area is 141 Å². The van der Waals surface area contributed by atoms with E-state index in [1.54, 1.807) is 0 Å². The smallest absolute Gasteiger partial charge is 0.416 e. The molecular formula is C15H16F3N5O2. The highest BCUT2D eigenvalue weighted by atomic mass is 19.4. The molecule has 0 saturated carbocycles. The van der Waals surface area contributed by atoms with Gasteiger partial charge in [-0.1, -0.05) is 25.5 Å². The number of hydrogen-bond acceptors (Lipinski definition) is 4. The van der Waals surface area contributed by atoms with Crippen molar-refractivity contribution < 1.29 is 23.1 Å². The summed E-state index contributed by atoms with van der Waals surface area (Å²) in [4.78, 5) is 12.6. The van der Waals surface area contributed by atoms with E-state index in [9.17, 15) is 23.1 Å². The molecule has 1 aromatic heterocycles. The van der Waals surface area contributed by atoms with Crippen molar-refractivity contribution >= 4 is 11.9 Å². The highest BCUT2D eigenvalue weighted by Gasteiger charge is 2.30. The maximum Gasteiger partial charge on any atom is 0.416 e. The zero-order chi connectivity index (χ0) is 18.4. The standard InChI is InChI=1S/C15H16F3N5O2/c1-2-3-8-23(14(24)25)13(21-22-9-19-20-10-22)11-4-6-12(7-5-11)15(16,17)18/h4-7,9-10H,2-3,8H2,1H3,(H,24,25). The van der Waals surface area contributed by atoms with Crippen molar-refractivity contribution in [2.45, 2.75) is 25.9 Å². The van der Waals surface area contributed by atoms with E-state index < -0.39 is 17.8 Å². The average molecular weight is 355 g/mol. The van der Waals surface area contributed by atoms with Crippen LogP contribution in [-0.4, -0.2) is 43.4 Å². The summed E-state index contributed by atoms with van der Waals surface area (Å²) >= 11 is 0. The van der Waals surface area contributed by atoms with Gasteiger partial charge in [0.2, 0.25) is 0 Å². The van der Waals surface area contributed by atoms with Crippen LogP contribution in [-0.2, 0) is 6.18 Å². The Balaban J connectivity index is 2.45. The summed E-state index contributed by atoms with van der Waals surface area (Å²) in [6, 6.07) is 4.15. The molecule has 25 heavy (non-hydrogen) atoms. The van der Waals surface area contributed by atoms with Gasteiger partial charge >= 0.3 is 12.3 Å². The highest BCUT2D eigenvalue weighted by Crippen LogP contribution is 2.29. The molecular weight excluding hydrogens is 339 g/mol. The molecule has 1 aromatic carbocycles. The topological polar surface area (TPSA) is 83.6 Å². The van der Waals surface area contributed by atoms with Gasteiger partial charge in [0.1, 0.15) is 12.7 Å². The molecule has 134 valence electrons. The molecule has 1 amide bonds. The van der Waals surface area contributed by atoms with Gasteiger partial charge in [0.05, 0.1) is 5.56 Å². The quantitative estimate of drug-likeness (QED) is 0.659. The number of hydrogen-bond donors (Lipinski definition) is 1. The predicted octanol–water partition coefficient (Wildman–Crippen LogP) is 3.29. The minimum atomic E-state index is -4.47. The Morgan fingerprint density at radius 2 is 1.84 bits per heavy atom. The van der Waals surface area contributed by atoms with E-state index in [4.69, 9.17) is 0 Å². The third-order valence-corrected chi connectivity index (χ3v) is 3.31. The fraction of sp³-hybridized carbons (Fsp3) is 0.333. The number of aromatic nitrogens is 3. The van der Waals surface area contributed by atoms with Crippen LogP contribution in [0.3, 0.4) is 0 Å². The Morgan fingerprint density at radius 3 is 2.32 bits per heavy atom. The summed E-state index contributed by atoms with van der Waals surface area (Å²) < 4.78 is 39.4. The Morgan fingerprint density at radius 1 is 1.24 bits per heavy atom. The molecule has 10 heteroatoms. The molecule has 2 rings (SSSR count). The summed E-state index contributed by atoms with van der Waals surface area (Å²) in [5, 5.41) is 20.7. The Kier molecular flexibility index (Phi) is 5.73. The molecule has 0 spiro atoms. The van der Waals surface area contributed by atoms with E-state index in [1.807, 2.05) is 6.92 Å². The minimum absolute atomic E-state index is 0.00512. The minimum Gasteiger partial charge on any atom is -0.465 e. The molecule has 0 bridgehead atoms. The number of nitrogens with zero attached hydrogens (tertiary/aromatic N) is 5. The van der Waals surface area contributed by atoms with Gasteiger partial charge in [0.25, 0.3) is 0 Å². The van der Waals surface area contributed by atoms with Crippen LogP contribution in [0.4, 0.5) is 18.0 Å². The zero-order valence-corrected chi connectivity index (χ0v) is 13.3. The summed E-state index contributed by atoms with van der Waals surface area (Å²) in [6.45, 7) is 2.06. The van der Waals surface area contributed by atoms with Crippen LogP contribution in [0, 0.1) is 0 Å². The summed E-state index contributed by atoms with van der Waals surface area (Å²) in [5.74, 6) is -0.00512. The molecule has 2 aromatic rings. The van der Waals surface area contributed by atoms with Crippen molar-refractivity contribution in [3.8, 4) is 0 Å².